The average Bonchev–Trinajstić information content (AvgIpc) is 2.61. The van der Waals surface area contributed by atoms with Crippen molar-refractivity contribution < 1.29 is 14.0 Å². The SMILES string of the molecule is CCc1ccc2c3c1[C@@H](CN)OB3OCCO2. The van der Waals surface area contributed by atoms with Gasteiger partial charge in [-0.05, 0) is 23.6 Å². The lowest BCUT2D eigenvalue weighted by Crippen LogP contribution is -2.31. The fourth-order valence-corrected chi connectivity index (χ4v) is 2.61. The zero-order valence-corrected chi connectivity index (χ0v) is 9.94. The van der Waals surface area contributed by atoms with Crippen LogP contribution in [-0.2, 0) is 15.7 Å². The van der Waals surface area contributed by atoms with Crippen LogP contribution in [0.15, 0.2) is 12.1 Å². The Bertz CT molecular complexity index is 438. The van der Waals surface area contributed by atoms with Gasteiger partial charge in [0.05, 0.1) is 12.7 Å². The quantitative estimate of drug-likeness (QED) is 0.750. The van der Waals surface area contributed by atoms with Crippen molar-refractivity contribution in [2.75, 3.05) is 19.8 Å². The Kier molecular flexibility index (Phi) is 2.82. The number of rotatable bonds is 2. The van der Waals surface area contributed by atoms with E-state index in [9.17, 15) is 0 Å². The second-order valence-electron chi connectivity index (χ2n) is 4.32. The molecule has 17 heavy (non-hydrogen) atoms. The molecule has 0 unspecified atom stereocenters. The topological polar surface area (TPSA) is 53.7 Å². The van der Waals surface area contributed by atoms with Crippen LogP contribution in [0.1, 0.15) is 24.2 Å². The number of hydrogen-bond acceptors (Lipinski definition) is 4. The van der Waals surface area contributed by atoms with E-state index in [4.69, 9.17) is 19.8 Å². The van der Waals surface area contributed by atoms with E-state index in [1.807, 2.05) is 6.07 Å². The van der Waals surface area contributed by atoms with Gasteiger partial charge in [0.15, 0.2) is 0 Å². The molecule has 0 radical (unpaired) electrons. The molecule has 2 aliphatic heterocycles. The molecule has 2 heterocycles. The summed E-state index contributed by atoms with van der Waals surface area (Å²) >= 11 is 0. The Morgan fingerprint density at radius 3 is 3.06 bits per heavy atom. The molecule has 0 saturated carbocycles. The Hall–Kier alpha value is -1.04. The summed E-state index contributed by atoms with van der Waals surface area (Å²) in [5.74, 6) is 0.885. The fraction of sp³-hybridized carbons (Fsp3) is 0.500. The van der Waals surface area contributed by atoms with Crippen molar-refractivity contribution >= 4 is 12.6 Å². The molecule has 0 fully saturated rings. The minimum Gasteiger partial charge on any atom is -0.492 e. The minimum atomic E-state index is -0.303. The first kappa shape index (κ1) is 11.1. The first-order valence-corrected chi connectivity index (χ1v) is 6.10. The van der Waals surface area contributed by atoms with Crippen molar-refractivity contribution in [1.29, 1.82) is 0 Å². The van der Waals surface area contributed by atoms with E-state index in [2.05, 4.69) is 13.0 Å². The lowest BCUT2D eigenvalue weighted by molar-refractivity contribution is 0.147. The molecule has 2 N–H and O–H groups in total. The van der Waals surface area contributed by atoms with Crippen LogP contribution in [0.2, 0.25) is 0 Å². The van der Waals surface area contributed by atoms with Gasteiger partial charge in [-0.3, -0.25) is 0 Å². The summed E-state index contributed by atoms with van der Waals surface area (Å²) in [7, 11) is -0.303. The molecule has 1 aromatic rings. The predicted octanol–water partition coefficient (Wildman–Crippen LogP) is 0.383. The Morgan fingerprint density at radius 2 is 2.29 bits per heavy atom. The molecule has 0 spiro atoms. The third-order valence-electron chi connectivity index (χ3n) is 3.39. The van der Waals surface area contributed by atoms with Gasteiger partial charge in [0, 0.05) is 12.0 Å². The molecule has 5 heteroatoms. The highest BCUT2D eigenvalue weighted by atomic mass is 16.6. The van der Waals surface area contributed by atoms with Crippen LogP contribution < -0.4 is 15.9 Å². The summed E-state index contributed by atoms with van der Waals surface area (Å²) in [6.45, 7) is 3.74. The minimum absolute atomic E-state index is 0.0633. The lowest BCUT2D eigenvalue weighted by atomic mass is 9.76. The third-order valence-corrected chi connectivity index (χ3v) is 3.39. The molecule has 0 saturated heterocycles. The number of nitrogens with two attached hydrogens (primary N) is 1. The van der Waals surface area contributed by atoms with Crippen LogP contribution in [-0.4, -0.2) is 26.9 Å². The maximum atomic E-state index is 5.86. The predicted molar refractivity (Wildman–Crippen MR) is 65.5 cm³/mol. The van der Waals surface area contributed by atoms with Gasteiger partial charge in [-0.25, -0.2) is 0 Å². The van der Waals surface area contributed by atoms with Crippen molar-refractivity contribution in [3.8, 4) is 5.75 Å². The van der Waals surface area contributed by atoms with Gasteiger partial charge in [0.1, 0.15) is 12.4 Å². The van der Waals surface area contributed by atoms with Crippen LogP contribution in [0.3, 0.4) is 0 Å². The van der Waals surface area contributed by atoms with Crippen molar-refractivity contribution in [3.63, 3.8) is 0 Å². The molecule has 1 atom stereocenters. The normalized spacial score (nSPS) is 22.0. The Balaban J connectivity index is 2.17. The number of aryl methyl sites for hydroxylation is 1. The van der Waals surface area contributed by atoms with Gasteiger partial charge < -0.3 is 19.8 Å². The summed E-state index contributed by atoms with van der Waals surface area (Å²) in [5, 5.41) is 0. The molecule has 0 aromatic heterocycles. The smallest absolute Gasteiger partial charge is 0.492 e. The van der Waals surface area contributed by atoms with E-state index in [-0.39, 0.29) is 13.2 Å². The molecular formula is C12H16BNO3. The largest absolute Gasteiger partial charge is 0.498 e. The van der Waals surface area contributed by atoms with Gasteiger partial charge >= 0.3 is 7.12 Å². The maximum Gasteiger partial charge on any atom is 0.498 e. The Morgan fingerprint density at radius 1 is 1.41 bits per heavy atom. The molecule has 90 valence electrons. The van der Waals surface area contributed by atoms with E-state index in [1.165, 1.54) is 11.1 Å². The zero-order chi connectivity index (χ0) is 11.8. The van der Waals surface area contributed by atoms with Gasteiger partial charge in [-0.15, -0.1) is 0 Å². The second kappa shape index (κ2) is 4.33. The first-order valence-electron chi connectivity index (χ1n) is 6.10. The first-order chi connectivity index (χ1) is 8.35. The molecular weight excluding hydrogens is 217 g/mol. The molecule has 0 aliphatic carbocycles. The zero-order valence-electron chi connectivity index (χ0n) is 9.94. The fourth-order valence-electron chi connectivity index (χ4n) is 2.61. The molecule has 0 bridgehead atoms. The number of hydrogen-bond donors (Lipinski definition) is 1. The van der Waals surface area contributed by atoms with Crippen LogP contribution in [0.25, 0.3) is 0 Å². The van der Waals surface area contributed by atoms with Crippen molar-refractivity contribution in [1.82, 2.24) is 0 Å². The van der Waals surface area contributed by atoms with Crippen molar-refractivity contribution in [2.24, 2.45) is 5.73 Å². The summed E-state index contributed by atoms with van der Waals surface area (Å²) in [6, 6.07) is 4.12. The summed E-state index contributed by atoms with van der Waals surface area (Å²) in [6.07, 6.45) is 0.904. The molecule has 0 amide bonds. The highest BCUT2D eigenvalue weighted by Crippen LogP contribution is 2.32. The van der Waals surface area contributed by atoms with Gasteiger partial charge in [0.2, 0.25) is 0 Å². The van der Waals surface area contributed by atoms with Gasteiger partial charge in [-0.1, -0.05) is 13.0 Å². The molecule has 1 aromatic carbocycles. The molecule has 3 rings (SSSR count). The summed E-state index contributed by atoms with van der Waals surface area (Å²) in [5.41, 5.74) is 9.28. The standard InChI is InChI=1S/C12H16BNO3/c1-2-8-3-4-9-12-11(8)10(7-14)17-13(12)16-6-5-15-9/h3-4,10H,2,5-7,14H2,1H3/t10-/m1/s1. The van der Waals surface area contributed by atoms with Crippen molar-refractivity contribution in [2.45, 2.75) is 19.4 Å². The van der Waals surface area contributed by atoms with Crippen LogP contribution >= 0.6 is 0 Å². The van der Waals surface area contributed by atoms with Gasteiger partial charge in [-0.2, -0.15) is 0 Å². The summed E-state index contributed by atoms with van der Waals surface area (Å²) < 4.78 is 17.2. The van der Waals surface area contributed by atoms with Crippen molar-refractivity contribution in [3.05, 3.63) is 23.3 Å². The number of benzene rings is 1. The van der Waals surface area contributed by atoms with E-state index in [1.54, 1.807) is 0 Å². The van der Waals surface area contributed by atoms with Gasteiger partial charge in [0.25, 0.3) is 0 Å². The second-order valence-corrected chi connectivity index (χ2v) is 4.32. The molecule has 2 aliphatic rings. The highest BCUT2D eigenvalue weighted by Gasteiger charge is 2.42. The molecule has 4 nitrogen and oxygen atoms in total. The maximum absolute atomic E-state index is 5.86. The monoisotopic (exact) mass is 233 g/mol. The highest BCUT2D eigenvalue weighted by molar-refractivity contribution is 6.64. The van der Waals surface area contributed by atoms with E-state index in [0.29, 0.717) is 19.8 Å². The van der Waals surface area contributed by atoms with Crippen LogP contribution in [0, 0.1) is 0 Å². The van der Waals surface area contributed by atoms with Crippen LogP contribution in [0.5, 0.6) is 5.75 Å². The van der Waals surface area contributed by atoms with E-state index < -0.39 is 0 Å². The Labute approximate surface area is 101 Å². The lowest BCUT2D eigenvalue weighted by Gasteiger charge is -2.15. The number of ether oxygens (including phenoxy) is 1. The average molecular weight is 233 g/mol. The van der Waals surface area contributed by atoms with E-state index in [0.717, 1.165) is 17.6 Å². The summed E-state index contributed by atoms with van der Waals surface area (Å²) in [4.78, 5) is 0. The van der Waals surface area contributed by atoms with Crippen LogP contribution in [0.4, 0.5) is 0 Å². The van der Waals surface area contributed by atoms with E-state index >= 15 is 0 Å². The third kappa shape index (κ3) is 1.66.